The molecule has 0 radical (unpaired) electrons. The minimum absolute atomic E-state index is 0. The number of hydrogen-bond donors (Lipinski definition) is 1. The Balaban J connectivity index is 0.000000980. The van der Waals surface area contributed by atoms with Crippen LogP contribution in [0.1, 0.15) is 26.2 Å². The zero-order chi connectivity index (χ0) is 9.26. The second-order valence-electron chi connectivity index (χ2n) is 3.99. The molecule has 1 aliphatic heterocycles. The predicted molar refractivity (Wildman–Crippen MR) is 56.5 cm³/mol. The van der Waals surface area contributed by atoms with E-state index in [2.05, 4.69) is 5.32 Å². The molecule has 0 spiro atoms. The van der Waals surface area contributed by atoms with E-state index in [9.17, 15) is 4.79 Å². The Hall–Kier alpha value is -0.280. The van der Waals surface area contributed by atoms with Crippen LogP contribution in [-0.2, 0) is 9.53 Å². The van der Waals surface area contributed by atoms with Gasteiger partial charge in [-0.1, -0.05) is 6.42 Å². The fraction of sp³-hybridized carbons (Fsp3) is 0.900. The topological polar surface area (TPSA) is 38.3 Å². The second kappa shape index (κ2) is 4.99. The highest BCUT2D eigenvalue weighted by atomic mass is 35.5. The van der Waals surface area contributed by atoms with Crippen LogP contribution in [0.25, 0.3) is 0 Å². The van der Waals surface area contributed by atoms with Crippen LogP contribution in [0.2, 0.25) is 0 Å². The third-order valence-electron chi connectivity index (χ3n) is 3.29. The zero-order valence-corrected chi connectivity index (χ0v) is 9.31. The standard InChI is InChI=1S/C10H17NO2.ClH/c1-2-13-10(12)9-8-5-3-4-7(8)6-11-9;/h7-9,11H,2-6H2,1H3;1H. The van der Waals surface area contributed by atoms with Crippen molar-refractivity contribution in [2.45, 2.75) is 32.2 Å². The Morgan fingerprint density at radius 1 is 1.50 bits per heavy atom. The molecule has 1 heterocycles. The smallest absolute Gasteiger partial charge is 0.323 e. The SMILES string of the molecule is CCOC(=O)C1NCC2CCCC21.Cl. The Morgan fingerprint density at radius 3 is 3.00 bits per heavy atom. The fourth-order valence-electron chi connectivity index (χ4n) is 2.68. The first-order chi connectivity index (χ1) is 6.33. The van der Waals surface area contributed by atoms with E-state index in [1.807, 2.05) is 6.92 Å². The normalized spacial score (nSPS) is 34.8. The summed E-state index contributed by atoms with van der Waals surface area (Å²) in [6, 6.07) is -0.00699. The molecule has 14 heavy (non-hydrogen) atoms. The average molecular weight is 220 g/mol. The van der Waals surface area contributed by atoms with Crippen molar-refractivity contribution in [2.75, 3.05) is 13.2 Å². The summed E-state index contributed by atoms with van der Waals surface area (Å²) in [6.45, 7) is 3.36. The Kier molecular flexibility index (Phi) is 4.20. The highest BCUT2D eigenvalue weighted by Gasteiger charge is 2.42. The molecule has 0 aromatic heterocycles. The first-order valence-electron chi connectivity index (χ1n) is 5.23. The predicted octanol–water partition coefficient (Wildman–Crippen LogP) is 1.36. The van der Waals surface area contributed by atoms with E-state index in [0.29, 0.717) is 12.5 Å². The van der Waals surface area contributed by atoms with E-state index >= 15 is 0 Å². The number of fused-ring (bicyclic) bond motifs is 1. The highest BCUT2D eigenvalue weighted by molar-refractivity contribution is 5.85. The minimum atomic E-state index is -0.0445. The number of rotatable bonds is 2. The number of esters is 1. The van der Waals surface area contributed by atoms with Crippen LogP contribution in [0.4, 0.5) is 0 Å². The van der Waals surface area contributed by atoms with Crippen LogP contribution in [-0.4, -0.2) is 25.2 Å². The molecule has 2 fully saturated rings. The lowest BCUT2D eigenvalue weighted by atomic mass is 9.94. The molecule has 1 saturated heterocycles. The number of ether oxygens (including phenoxy) is 1. The third-order valence-corrected chi connectivity index (χ3v) is 3.29. The Morgan fingerprint density at radius 2 is 2.29 bits per heavy atom. The van der Waals surface area contributed by atoms with E-state index in [0.717, 1.165) is 12.5 Å². The van der Waals surface area contributed by atoms with Crippen molar-refractivity contribution < 1.29 is 9.53 Å². The largest absolute Gasteiger partial charge is 0.465 e. The molecule has 3 nitrogen and oxygen atoms in total. The molecule has 0 amide bonds. The fourth-order valence-corrected chi connectivity index (χ4v) is 2.68. The summed E-state index contributed by atoms with van der Waals surface area (Å²) in [6.07, 6.45) is 3.77. The number of carbonyl (C=O) groups excluding carboxylic acids is 1. The molecule has 1 saturated carbocycles. The van der Waals surface area contributed by atoms with Crippen LogP contribution < -0.4 is 5.32 Å². The molecule has 2 aliphatic rings. The summed E-state index contributed by atoms with van der Waals surface area (Å²) < 4.78 is 5.03. The van der Waals surface area contributed by atoms with Crippen molar-refractivity contribution >= 4 is 18.4 Å². The van der Waals surface area contributed by atoms with E-state index in [1.165, 1.54) is 19.3 Å². The number of nitrogens with one attached hydrogen (secondary N) is 1. The van der Waals surface area contributed by atoms with Gasteiger partial charge in [0.05, 0.1) is 6.61 Å². The maximum Gasteiger partial charge on any atom is 0.323 e. The van der Waals surface area contributed by atoms with Gasteiger partial charge in [-0.05, 0) is 38.1 Å². The maximum absolute atomic E-state index is 11.5. The van der Waals surface area contributed by atoms with Crippen molar-refractivity contribution in [3.63, 3.8) is 0 Å². The van der Waals surface area contributed by atoms with Gasteiger partial charge in [-0.25, -0.2) is 0 Å². The number of halogens is 1. The van der Waals surface area contributed by atoms with Gasteiger partial charge in [0.15, 0.2) is 0 Å². The van der Waals surface area contributed by atoms with Gasteiger partial charge in [-0.15, -0.1) is 12.4 Å². The maximum atomic E-state index is 11.5. The first-order valence-corrected chi connectivity index (χ1v) is 5.23. The number of hydrogen-bond acceptors (Lipinski definition) is 3. The van der Waals surface area contributed by atoms with Crippen LogP contribution in [0, 0.1) is 11.8 Å². The molecular weight excluding hydrogens is 202 g/mol. The summed E-state index contributed by atoms with van der Waals surface area (Å²) in [5.74, 6) is 1.24. The van der Waals surface area contributed by atoms with E-state index in [-0.39, 0.29) is 24.4 Å². The molecule has 82 valence electrons. The summed E-state index contributed by atoms with van der Waals surface area (Å²) in [5, 5.41) is 3.27. The lowest BCUT2D eigenvalue weighted by Crippen LogP contribution is -2.37. The summed E-state index contributed by atoms with van der Waals surface area (Å²) in [7, 11) is 0. The van der Waals surface area contributed by atoms with Gasteiger partial charge in [0, 0.05) is 0 Å². The zero-order valence-electron chi connectivity index (χ0n) is 8.49. The first kappa shape index (κ1) is 11.8. The molecule has 2 rings (SSSR count). The van der Waals surface area contributed by atoms with Gasteiger partial charge in [0.25, 0.3) is 0 Å². The summed E-state index contributed by atoms with van der Waals surface area (Å²) >= 11 is 0. The monoisotopic (exact) mass is 219 g/mol. The molecule has 1 aliphatic carbocycles. The quantitative estimate of drug-likeness (QED) is 0.713. The third kappa shape index (κ3) is 2.04. The molecule has 0 aromatic carbocycles. The van der Waals surface area contributed by atoms with Crippen LogP contribution in [0.5, 0.6) is 0 Å². The minimum Gasteiger partial charge on any atom is -0.465 e. The summed E-state index contributed by atoms with van der Waals surface area (Å²) in [5.41, 5.74) is 0. The lowest BCUT2D eigenvalue weighted by molar-refractivity contribution is -0.146. The Labute approximate surface area is 91.0 Å². The van der Waals surface area contributed by atoms with Gasteiger partial charge in [-0.3, -0.25) is 4.79 Å². The van der Waals surface area contributed by atoms with Crippen molar-refractivity contribution in [1.29, 1.82) is 0 Å². The highest BCUT2D eigenvalue weighted by Crippen LogP contribution is 2.37. The van der Waals surface area contributed by atoms with Gasteiger partial charge >= 0.3 is 5.97 Å². The van der Waals surface area contributed by atoms with Crippen molar-refractivity contribution in [3.05, 3.63) is 0 Å². The van der Waals surface area contributed by atoms with E-state index in [4.69, 9.17) is 4.74 Å². The molecule has 0 bridgehead atoms. The number of carbonyl (C=O) groups is 1. The van der Waals surface area contributed by atoms with Gasteiger partial charge in [-0.2, -0.15) is 0 Å². The van der Waals surface area contributed by atoms with Crippen LogP contribution in [0.3, 0.4) is 0 Å². The average Bonchev–Trinajstić information content (AvgIpc) is 2.62. The Bertz CT molecular complexity index is 210. The van der Waals surface area contributed by atoms with Crippen LogP contribution in [0.15, 0.2) is 0 Å². The van der Waals surface area contributed by atoms with Gasteiger partial charge < -0.3 is 10.1 Å². The second-order valence-corrected chi connectivity index (χ2v) is 3.99. The summed E-state index contributed by atoms with van der Waals surface area (Å²) in [4.78, 5) is 11.5. The molecule has 3 atom stereocenters. The van der Waals surface area contributed by atoms with E-state index in [1.54, 1.807) is 0 Å². The van der Waals surface area contributed by atoms with Gasteiger partial charge in [0.2, 0.25) is 0 Å². The van der Waals surface area contributed by atoms with Crippen molar-refractivity contribution in [3.8, 4) is 0 Å². The molecule has 1 N–H and O–H groups in total. The molecule has 0 aromatic rings. The van der Waals surface area contributed by atoms with Crippen LogP contribution >= 0.6 is 12.4 Å². The van der Waals surface area contributed by atoms with Crippen molar-refractivity contribution in [1.82, 2.24) is 5.32 Å². The molecular formula is C10H18ClNO2. The molecule has 3 unspecified atom stereocenters. The lowest BCUT2D eigenvalue weighted by Gasteiger charge is -2.15. The van der Waals surface area contributed by atoms with E-state index < -0.39 is 0 Å². The van der Waals surface area contributed by atoms with Gasteiger partial charge in [0.1, 0.15) is 6.04 Å². The molecule has 4 heteroatoms. The van der Waals surface area contributed by atoms with Crippen molar-refractivity contribution in [2.24, 2.45) is 11.8 Å².